The van der Waals surface area contributed by atoms with Crippen LogP contribution in [0.2, 0.25) is 0 Å². The second kappa shape index (κ2) is 6.35. The Morgan fingerprint density at radius 2 is 2.15 bits per heavy atom. The van der Waals surface area contributed by atoms with Crippen LogP contribution in [0.4, 0.5) is 4.39 Å². The van der Waals surface area contributed by atoms with E-state index in [1.807, 2.05) is 0 Å². The smallest absolute Gasteiger partial charge is 0.335 e. The number of carboxylic acid groups (broad SMARTS) is 1. The number of hydrogen-bond acceptors (Lipinski definition) is 2. The molecule has 110 valence electrons. The van der Waals surface area contributed by atoms with E-state index in [4.69, 9.17) is 5.11 Å². The van der Waals surface area contributed by atoms with Crippen molar-refractivity contribution in [3.8, 4) is 0 Å². The van der Waals surface area contributed by atoms with E-state index >= 15 is 0 Å². The van der Waals surface area contributed by atoms with E-state index in [0.717, 1.165) is 12.3 Å². The van der Waals surface area contributed by atoms with Crippen LogP contribution in [-0.4, -0.2) is 17.1 Å². The SMILES string of the molecule is CC1CCC(NCc2cc(C(=O)O)ccc2F)C(C)C1. The first kappa shape index (κ1) is 15.0. The Balaban J connectivity index is 2.00. The van der Waals surface area contributed by atoms with Gasteiger partial charge in [-0.3, -0.25) is 0 Å². The molecule has 0 aliphatic heterocycles. The largest absolute Gasteiger partial charge is 0.478 e. The van der Waals surface area contributed by atoms with Gasteiger partial charge in [0.25, 0.3) is 0 Å². The Labute approximate surface area is 119 Å². The molecule has 3 nitrogen and oxygen atoms in total. The van der Waals surface area contributed by atoms with Gasteiger partial charge in [-0.05, 0) is 49.3 Å². The number of halogens is 1. The summed E-state index contributed by atoms with van der Waals surface area (Å²) in [5.74, 6) is -0.0370. The fourth-order valence-corrected chi connectivity index (χ4v) is 3.05. The van der Waals surface area contributed by atoms with Gasteiger partial charge in [0, 0.05) is 18.2 Å². The molecule has 0 saturated heterocycles. The molecule has 1 aliphatic carbocycles. The van der Waals surface area contributed by atoms with Gasteiger partial charge in [0.2, 0.25) is 0 Å². The van der Waals surface area contributed by atoms with Crippen LogP contribution in [0.25, 0.3) is 0 Å². The molecule has 1 aliphatic rings. The topological polar surface area (TPSA) is 49.3 Å². The Kier molecular flexibility index (Phi) is 4.76. The summed E-state index contributed by atoms with van der Waals surface area (Å²) < 4.78 is 13.7. The Hall–Kier alpha value is -1.42. The maximum absolute atomic E-state index is 13.7. The average Bonchev–Trinajstić information content (AvgIpc) is 2.39. The van der Waals surface area contributed by atoms with E-state index in [0.29, 0.717) is 24.1 Å². The highest BCUT2D eigenvalue weighted by molar-refractivity contribution is 5.87. The lowest BCUT2D eigenvalue weighted by Crippen LogP contribution is -2.38. The first-order valence-corrected chi connectivity index (χ1v) is 7.22. The molecule has 4 heteroatoms. The van der Waals surface area contributed by atoms with Crippen molar-refractivity contribution in [3.63, 3.8) is 0 Å². The van der Waals surface area contributed by atoms with Gasteiger partial charge in [0.05, 0.1) is 5.56 Å². The van der Waals surface area contributed by atoms with Crippen molar-refractivity contribution in [1.29, 1.82) is 0 Å². The van der Waals surface area contributed by atoms with Crippen molar-refractivity contribution >= 4 is 5.97 Å². The van der Waals surface area contributed by atoms with Crippen molar-refractivity contribution in [1.82, 2.24) is 5.32 Å². The van der Waals surface area contributed by atoms with Crippen molar-refractivity contribution in [2.75, 3.05) is 0 Å². The highest BCUT2D eigenvalue weighted by Crippen LogP contribution is 2.28. The third-order valence-corrected chi connectivity index (χ3v) is 4.28. The zero-order valence-corrected chi connectivity index (χ0v) is 12.0. The van der Waals surface area contributed by atoms with Crippen LogP contribution in [0, 0.1) is 17.7 Å². The van der Waals surface area contributed by atoms with Gasteiger partial charge < -0.3 is 10.4 Å². The number of benzene rings is 1. The molecular weight excluding hydrogens is 257 g/mol. The van der Waals surface area contributed by atoms with E-state index in [1.165, 1.54) is 31.0 Å². The van der Waals surface area contributed by atoms with Gasteiger partial charge in [-0.1, -0.05) is 13.8 Å². The zero-order valence-electron chi connectivity index (χ0n) is 12.0. The van der Waals surface area contributed by atoms with Crippen LogP contribution >= 0.6 is 0 Å². The number of nitrogens with one attached hydrogen (secondary N) is 1. The van der Waals surface area contributed by atoms with E-state index in [9.17, 15) is 9.18 Å². The van der Waals surface area contributed by atoms with Crippen LogP contribution in [0.3, 0.4) is 0 Å². The second-order valence-corrected chi connectivity index (χ2v) is 5.99. The van der Waals surface area contributed by atoms with Crippen molar-refractivity contribution in [3.05, 3.63) is 35.1 Å². The number of rotatable bonds is 4. The normalized spacial score (nSPS) is 26.4. The van der Waals surface area contributed by atoms with E-state index in [1.54, 1.807) is 0 Å². The number of carbonyl (C=O) groups is 1. The van der Waals surface area contributed by atoms with Crippen molar-refractivity contribution < 1.29 is 14.3 Å². The fourth-order valence-electron chi connectivity index (χ4n) is 3.05. The predicted molar refractivity (Wildman–Crippen MR) is 76.2 cm³/mol. The van der Waals surface area contributed by atoms with Crippen LogP contribution in [0.1, 0.15) is 49.0 Å². The van der Waals surface area contributed by atoms with E-state index < -0.39 is 5.97 Å². The summed E-state index contributed by atoms with van der Waals surface area (Å²) in [6.07, 6.45) is 3.48. The Bertz CT molecular complexity index is 489. The zero-order chi connectivity index (χ0) is 14.7. The third kappa shape index (κ3) is 3.57. The standard InChI is InChI=1S/C16H22FNO2/c1-10-3-6-15(11(2)7-10)18-9-13-8-12(16(19)20)4-5-14(13)17/h4-5,8,10-11,15,18H,3,6-7,9H2,1-2H3,(H,19,20). The van der Waals surface area contributed by atoms with E-state index in [2.05, 4.69) is 19.2 Å². The molecule has 0 radical (unpaired) electrons. The molecule has 0 amide bonds. The average molecular weight is 279 g/mol. The van der Waals surface area contributed by atoms with Crippen LogP contribution in [-0.2, 0) is 6.54 Å². The molecule has 2 N–H and O–H groups in total. The summed E-state index contributed by atoms with van der Waals surface area (Å²) in [5.41, 5.74) is 0.559. The Morgan fingerprint density at radius 3 is 2.80 bits per heavy atom. The minimum absolute atomic E-state index is 0.133. The predicted octanol–water partition coefficient (Wildman–Crippen LogP) is 3.44. The lowest BCUT2D eigenvalue weighted by molar-refractivity contribution is 0.0696. The Morgan fingerprint density at radius 1 is 1.40 bits per heavy atom. The van der Waals surface area contributed by atoms with Crippen LogP contribution < -0.4 is 5.32 Å². The molecule has 2 rings (SSSR count). The molecular formula is C16H22FNO2. The molecule has 1 saturated carbocycles. The van der Waals surface area contributed by atoms with Gasteiger partial charge >= 0.3 is 5.97 Å². The summed E-state index contributed by atoms with van der Waals surface area (Å²) in [6.45, 7) is 4.87. The van der Waals surface area contributed by atoms with Gasteiger partial charge in [0.1, 0.15) is 5.82 Å². The van der Waals surface area contributed by atoms with E-state index in [-0.39, 0.29) is 11.4 Å². The van der Waals surface area contributed by atoms with Crippen molar-refractivity contribution in [2.24, 2.45) is 11.8 Å². The molecule has 1 aromatic carbocycles. The molecule has 1 aromatic rings. The molecule has 0 aromatic heterocycles. The minimum atomic E-state index is -1.02. The maximum atomic E-state index is 13.7. The van der Waals surface area contributed by atoms with Crippen LogP contribution in [0.15, 0.2) is 18.2 Å². The summed E-state index contributed by atoms with van der Waals surface area (Å²) in [6, 6.07) is 4.33. The molecule has 3 unspecified atom stereocenters. The summed E-state index contributed by atoms with van der Waals surface area (Å²) in [4.78, 5) is 10.9. The minimum Gasteiger partial charge on any atom is -0.478 e. The second-order valence-electron chi connectivity index (χ2n) is 5.99. The molecule has 0 bridgehead atoms. The first-order chi connectivity index (χ1) is 9.47. The lowest BCUT2D eigenvalue weighted by Gasteiger charge is -2.33. The summed E-state index contributed by atoms with van der Waals surface area (Å²) >= 11 is 0. The first-order valence-electron chi connectivity index (χ1n) is 7.22. The van der Waals surface area contributed by atoms with Gasteiger partial charge in [0.15, 0.2) is 0 Å². The maximum Gasteiger partial charge on any atom is 0.335 e. The van der Waals surface area contributed by atoms with Gasteiger partial charge in [-0.25, -0.2) is 9.18 Å². The fraction of sp³-hybridized carbons (Fsp3) is 0.562. The molecule has 1 fully saturated rings. The number of hydrogen-bond donors (Lipinski definition) is 2. The lowest BCUT2D eigenvalue weighted by atomic mass is 9.80. The molecule has 20 heavy (non-hydrogen) atoms. The molecule has 3 atom stereocenters. The van der Waals surface area contributed by atoms with Crippen molar-refractivity contribution in [2.45, 2.75) is 45.7 Å². The summed E-state index contributed by atoms with van der Waals surface area (Å²) in [5, 5.41) is 12.3. The highest BCUT2D eigenvalue weighted by Gasteiger charge is 2.25. The highest BCUT2D eigenvalue weighted by atomic mass is 19.1. The monoisotopic (exact) mass is 279 g/mol. The van der Waals surface area contributed by atoms with Gasteiger partial charge in [-0.2, -0.15) is 0 Å². The van der Waals surface area contributed by atoms with Gasteiger partial charge in [-0.15, -0.1) is 0 Å². The quantitative estimate of drug-likeness (QED) is 0.887. The molecule has 0 heterocycles. The summed E-state index contributed by atoms with van der Waals surface area (Å²) in [7, 11) is 0. The third-order valence-electron chi connectivity index (χ3n) is 4.28. The number of carboxylic acids is 1. The number of aromatic carboxylic acids is 1. The molecule has 0 spiro atoms. The van der Waals surface area contributed by atoms with Crippen LogP contribution in [0.5, 0.6) is 0 Å².